The van der Waals surface area contributed by atoms with E-state index in [0.717, 1.165) is 17.1 Å². The van der Waals surface area contributed by atoms with Gasteiger partial charge in [-0.25, -0.2) is 14.2 Å². The lowest BCUT2D eigenvalue weighted by Gasteiger charge is -2.41. The smallest absolute Gasteiger partial charge is 0.343 e. The van der Waals surface area contributed by atoms with Gasteiger partial charge >= 0.3 is 11.9 Å². The highest BCUT2D eigenvalue weighted by atomic mass is 19.1. The number of benzene rings is 2. The zero-order valence-corrected chi connectivity index (χ0v) is 46.2. The first-order valence-electron chi connectivity index (χ1n) is 26.9. The second-order valence-corrected chi connectivity index (χ2v) is 21.5. The second-order valence-electron chi connectivity index (χ2n) is 21.5. The average Bonchev–Trinajstić information content (AvgIpc) is 1.78. The lowest BCUT2D eigenvalue weighted by atomic mass is 9.80. The molecule has 3 aliphatic heterocycles. The Balaban J connectivity index is 1.01. The molecule has 0 spiro atoms. The highest BCUT2D eigenvalue weighted by Gasteiger charge is 2.47. The lowest BCUT2D eigenvalue weighted by molar-refractivity contribution is -0.172. The number of carbonyl (C=O) groups is 11. The highest BCUT2D eigenvalue weighted by Crippen LogP contribution is 2.48. The average molecular weight is 1150 g/mol. The predicted octanol–water partition coefficient (Wildman–Crippen LogP) is -0.174. The number of fused-ring (bicyclic) bond motifs is 5. The van der Waals surface area contributed by atoms with Crippen molar-refractivity contribution in [3.05, 3.63) is 110 Å². The van der Waals surface area contributed by atoms with Gasteiger partial charge in [0.1, 0.15) is 30.1 Å². The van der Waals surface area contributed by atoms with Gasteiger partial charge in [0.25, 0.3) is 17.4 Å². The molecule has 4 atom stereocenters. The van der Waals surface area contributed by atoms with Crippen molar-refractivity contribution in [1.82, 2.24) is 45.9 Å². The van der Waals surface area contributed by atoms with E-state index < -0.39 is 145 Å². The van der Waals surface area contributed by atoms with Crippen molar-refractivity contribution in [2.24, 2.45) is 5.73 Å². The van der Waals surface area contributed by atoms with E-state index in [9.17, 15) is 57.8 Å². The lowest BCUT2D eigenvalue weighted by Crippen LogP contribution is -2.54. The molecule has 1 aliphatic carbocycles. The molecule has 83 heavy (non-hydrogen) atoms. The summed E-state index contributed by atoms with van der Waals surface area (Å²) in [5.41, 5.74) is 5.16. The number of primary amides is 1. The molecule has 9 amide bonds. The highest BCUT2D eigenvalue weighted by molar-refractivity contribution is 6.13. The maximum atomic E-state index is 15.9. The predicted molar refractivity (Wildman–Crippen MR) is 290 cm³/mol. The van der Waals surface area contributed by atoms with E-state index >= 15 is 9.18 Å². The molecule has 8 rings (SSSR count). The number of cyclic esters (lactones) is 1. The molecule has 8 N–H and O–H groups in total. The van der Waals surface area contributed by atoms with Crippen LogP contribution in [-0.4, -0.2) is 140 Å². The van der Waals surface area contributed by atoms with Gasteiger partial charge in [-0.3, -0.25) is 57.6 Å². The van der Waals surface area contributed by atoms with Crippen LogP contribution in [-0.2, 0) is 93.8 Å². The van der Waals surface area contributed by atoms with Gasteiger partial charge in [-0.2, -0.15) is 0 Å². The summed E-state index contributed by atoms with van der Waals surface area (Å²) in [6.07, 6.45) is 1.08. The van der Waals surface area contributed by atoms with Crippen LogP contribution >= 0.6 is 0 Å². The Labute approximate surface area is 473 Å². The Morgan fingerprint density at radius 3 is 2.19 bits per heavy atom. The summed E-state index contributed by atoms with van der Waals surface area (Å²) in [4.78, 5) is 165. The number of halogens is 1. The van der Waals surface area contributed by atoms with E-state index in [1.165, 1.54) is 21.6 Å². The van der Waals surface area contributed by atoms with Crippen LogP contribution in [0.15, 0.2) is 59.4 Å². The van der Waals surface area contributed by atoms with Crippen molar-refractivity contribution in [3.63, 3.8) is 0 Å². The number of aliphatic hydroxyl groups is 1. The minimum Gasteiger partial charge on any atom is -0.460 e. The summed E-state index contributed by atoms with van der Waals surface area (Å²) in [5, 5.41) is 24.1. The van der Waals surface area contributed by atoms with Crippen LogP contribution in [0.2, 0.25) is 0 Å². The SMILES string of the molecule is CC[C@@]1(O)C(=O)OCc2c1cc1n(c2=O)Cc2c-1nc1cc(F)c(C)c3c1c2[C@@H](N(C(=O)CNC(=O)CNC(=O)[C@H](Cc1ccccc1)NC(=O)CNC(=O)CNC(=O)CCN1C(=O)C=CC1=O)[C@@H](CCC(=O)OC(C)(C)C)C(N)=O)CC3. The van der Waals surface area contributed by atoms with Gasteiger partial charge in [0, 0.05) is 60.5 Å². The number of amides is 9. The van der Waals surface area contributed by atoms with Crippen LogP contribution in [0.5, 0.6) is 0 Å². The van der Waals surface area contributed by atoms with Crippen LogP contribution in [0.3, 0.4) is 0 Å². The van der Waals surface area contributed by atoms with Crippen LogP contribution < -0.4 is 37.9 Å². The first kappa shape index (κ1) is 59.9. The molecule has 0 bridgehead atoms. The number of esters is 2. The molecule has 2 aromatic carbocycles. The van der Waals surface area contributed by atoms with Crippen molar-refractivity contribution in [2.45, 2.75) is 122 Å². The van der Waals surface area contributed by atoms with Gasteiger partial charge in [-0.05, 0) is 81.7 Å². The number of imide groups is 1. The van der Waals surface area contributed by atoms with Gasteiger partial charge in [-0.1, -0.05) is 37.3 Å². The number of hydrogen-bond acceptors (Lipinski definition) is 16. The van der Waals surface area contributed by atoms with Crippen molar-refractivity contribution in [2.75, 3.05) is 32.7 Å². The van der Waals surface area contributed by atoms with E-state index in [-0.39, 0.29) is 85.2 Å². The molecule has 5 heterocycles. The fourth-order valence-electron chi connectivity index (χ4n) is 10.7. The molecule has 0 fully saturated rings. The number of hydrogen-bond donors (Lipinski definition) is 7. The van der Waals surface area contributed by atoms with Crippen molar-refractivity contribution < 1.29 is 71.7 Å². The third-order valence-corrected chi connectivity index (χ3v) is 14.8. The summed E-state index contributed by atoms with van der Waals surface area (Å²) in [6, 6.07) is 7.21. The number of nitrogens with one attached hydrogen (secondary N) is 5. The fraction of sp³-hybridized carbons (Fsp3) is 0.421. The molecular weight excluding hydrogens is 1080 g/mol. The molecular formula is C57H63FN10O15. The van der Waals surface area contributed by atoms with E-state index in [0.29, 0.717) is 27.6 Å². The van der Waals surface area contributed by atoms with E-state index in [2.05, 4.69) is 26.6 Å². The third-order valence-electron chi connectivity index (χ3n) is 14.8. The number of pyridine rings is 2. The summed E-state index contributed by atoms with van der Waals surface area (Å²) in [5.74, 6) is -9.29. The summed E-state index contributed by atoms with van der Waals surface area (Å²) >= 11 is 0. The normalized spacial score (nSPS) is 17.3. The maximum absolute atomic E-state index is 15.9. The molecule has 4 aromatic rings. The van der Waals surface area contributed by atoms with Crippen molar-refractivity contribution >= 4 is 76.0 Å². The molecule has 0 unspecified atom stereocenters. The third kappa shape index (κ3) is 13.0. The number of aryl methyl sites for hydroxylation is 1. The molecule has 0 radical (unpaired) electrons. The Hall–Kier alpha value is -9.20. The number of aromatic nitrogens is 2. The standard InChI is InChI=1S/C57H63FN10O15/c1-6-57(81)34-21-40-51-32(27-67(40)54(79)33(34)28-82-55(57)80)50-38(13-12-31-29(2)35(58)22-36(65-51)49(31)50)68(39(52(59)77)14-17-48(76)83-56(3,4)5)47(75)26-62-43(71)24-63-53(78)37(20-30-10-8-7-9-11-30)64-44(72)25-61-42(70)23-60-41(69)18-19-66-45(73)15-16-46(66)74/h7-11,15-16,21-22,37-39,81H,6,12-14,17-20,23-28H2,1-5H3,(H2,59,77)(H,60,69)(H,61,70)(H,62,71)(H,63,78)(H,64,72)/t37-,38-,39-,57-/m0/s1. The fourth-order valence-corrected chi connectivity index (χ4v) is 10.7. The van der Waals surface area contributed by atoms with Gasteiger partial charge in [-0.15, -0.1) is 0 Å². The van der Waals surface area contributed by atoms with Crippen LogP contribution in [0, 0.1) is 12.7 Å². The second kappa shape index (κ2) is 24.5. The van der Waals surface area contributed by atoms with Gasteiger partial charge in [0.15, 0.2) is 5.60 Å². The zero-order valence-electron chi connectivity index (χ0n) is 46.2. The number of nitrogens with zero attached hydrogens (tertiary/aromatic N) is 4. The van der Waals surface area contributed by atoms with Crippen molar-refractivity contribution in [1.29, 1.82) is 0 Å². The maximum Gasteiger partial charge on any atom is 0.343 e. The Morgan fingerprint density at radius 2 is 1.53 bits per heavy atom. The van der Waals surface area contributed by atoms with Crippen LogP contribution in [0.25, 0.3) is 22.3 Å². The number of rotatable bonds is 22. The van der Waals surface area contributed by atoms with Gasteiger partial charge in [0.2, 0.25) is 41.4 Å². The molecule has 4 aliphatic rings. The molecule has 2 aromatic heterocycles. The monoisotopic (exact) mass is 1150 g/mol. The minimum absolute atomic E-state index is 0.0204. The number of nitrogens with two attached hydrogens (primary N) is 1. The minimum atomic E-state index is -2.18. The largest absolute Gasteiger partial charge is 0.460 e. The molecule has 438 valence electrons. The Kier molecular flexibility index (Phi) is 17.7. The van der Waals surface area contributed by atoms with Crippen LogP contribution in [0.1, 0.15) is 105 Å². The van der Waals surface area contributed by atoms with Crippen molar-refractivity contribution in [3.8, 4) is 11.4 Å². The summed E-state index contributed by atoms with van der Waals surface area (Å²) in [6.45, 7) is 4.56. The molecule has 26 heteroatoms. The first-order chi connectivity index (χ1) is 39.3. The van der Waals surface area contributed by atoms with Gasteiger partial charge < -0.3 is 56.4 Å². The Bertz CT molecular complexity index is 3470. The van der Waals surface area contributed by atoms with Gasteiger partial charge in [0.05, 0.1) is 61.2 Å². The van der Waals surface area contributed by atoms with Crippen LogP contribution in [0.4, 0.5) is 4.39 Å². The summed E-state index contributed by atoms with van der Waals surface area (Å²) in [7, 11) is 0. The van der Waals surface area contributed by atoms with E-state index in [4.69, 9.17) is 20.2 Å². The number of carbonyl (C=O) groups excluding carboxylic acids is 11. The quantitative estimate of drug-likeness (QED) is 0.0349. The number of ether oxygens (including phenoxy) is 2. The molecule has 0 saturated carbocycles. The first-order valence-corrected chi connectivity index (χ1v) is 26.9. The zero-order chi connectivity index (χ0) is 60.2. The molecule has 0 saturated heterocycles. The van der Waals surface area contributed by atoms with E-state index in [1.54, 1.807) is 65.0 Å². The Morgan fingerprint density at radius 1 is 0.880 bits per heavy atom. The topological polar surface area (TPSA) is 354 Å². The summed E-state index contributed by atoms with van der Waals surface area (Å²) < 4.78 is 28.0. The molecule has 25 nitrogen and oxygen atoms in total. The van der Waals surface area contributed by atoms with E-state index in [1.807, 2.05) is 0 Å².